The molecule has 1 aliphatic rings. The number of anilines is 1. The number of hydrogen-bond acceptors (Lipinski definition) is 6. The highest BCUT2D eigenvalue weighted by Crippen LogP contribution is 2.35. The molecular formula is C22H23NO7. The first-order valence-electron chi connectivity index (χ1n) is 9.48. The number of benzene rings is 2. The predicted molar refractivity (Wildman–Crippen MR) is 109 cm³/mol. The van der Waals surface area contributed by atoms with Crippen LogP contribution in [-0.2, 0) is 9.53 Å². The van der Waals surface area contributed by atoms with Crippen LogP contribution in [0.5, 0.6) is 17.2 Å². The standard InChI is InChI=1S/C22H23NO7/c1-14(4-2-3-5-20(25)26)21(15-6-9-17(24)10-7-15)30-22(27)23-16-8-11-18-19(12-16)29-13-28-18/h3,5-12,14,21,24H,2,4,13H2,1H3,(H,23,27)(H,25,26)/b5-3+/t14-,21+/m0/s1. The van der Waals surface area contributed by atoms with Gasteiger partial charge >= 0.3 is 12.1 Å². The Morgan fingerprint density at radius 3 is 2.63 bits per heavy atom. The van der Waals surface area contributed by atoms with Crippen molar-refractivity contribution in [2.45, 2.75) is 25.9 Å². The third kappa shape index (κ3) is 5.66. The van der Waals surface area contributed by atoms with Crippen molar-refractivity contribution in [3.8, 4) is 17.2 Å². The van der Waals surface area contributed by atoms with Gasteiger partial charge in [0.2, 0.25) is 6.79 Å². The number of aliphatic carboxylic acids is 1. The van der Waals surface area contributed by atoms with Gasteiger partial charge in [-0.1, -0.05) is 25.1 Å². The summed E-state index contributed by atoms with van der Waals surface area (Å²) in [6.45, 7) is 2.06. The summed E-state index contributed by atoms with van der Waals surface area (Å²) in [4.78, 5) is 23.2. The number of amides is 1. The highest BCUT2D eigenvalue weighted by atomic mass is 16.7. The number of allylic oxidation sites excluding steroid dienone is 1. The van der Waals surface area contributed by atoms with Gasteiger partial charge in [-0.05, 0) is 48.6 Å². The van der Waals surface area contributed by atoms with Crippen molar-refractivity contribution < 1.29 is 34.0 Å². The second-order valence-corrected chi connectivity index (χ2v) is 6.91. The zero-order valence-corrected chi connectivity index (χ0v) is 16.4. The Labute approximate surface area is 173 Å². The average Bonchev–Trinajstić information content (AvgIpc) is 3.18. The number of rotatable bonds is 8. The highest BCUT2D eigenvalue weighted by Gasteiger charge is 2.24. The summed E-state index contributed by atoms with van der Waals surface area (Å²) in [6.07, 6.45) is 2.56. The molecule has 0 unspecified atom stereocenters. The van der Waals surface area contributed by atoms with Crippen molar-refractivity contribution in [1.29, 1.82) is 0 Å². The molecule has 3 N–H and O–H groups in total. The number of fused-ring (bicyclic) bond motifs is 1. The van der Waals surface area contributed by atoms with Crippen LogP contribution in [0.4, 0.5) is 10.5 Å². The summed E-state index contributed by atoms with van der Waals surface area (Å²) in [5.74, 6) is 0.160. The van der Waals surface area contributed by atoms with Crippen molar-refractivity contribution in [3.05, 3.63) is 60.2 Å². The summed E-state index contributed by atoms with van der Waals surface area (Å²) >= 11 is 0. The number of nitrogens with one attached hydrogen (secondary N) is 1. The molecule has 2 aromatic carbocycles. The van der Waals surface area contributed by atoms with E-state index < -0.39 is 18.2 Å². The number of aromatic hydroxyl groups is 1. The van der Waals surface area contributed by atoms with Gasteiger partial charge in [-0.2, -0.15) is 0 Å². The molecule has 0 aromatic heterocycles. The maximum atomic E-state index is 12.5. The molecule has 1 amide bonds. The summed E-state index contributed by atoms with van der Waals surface area (Å²) in [6, 6.07) is 11.5. The van der Waals surface area contributed by atoms with Crippen LogP contribution in [0.3, 0.4) is 0 Å². The van der Waals surface area contributed by atoms with E-state index in [1.54, 1.807) is 36.4 Å². The van der Waals surface area contributed by atoms with E-state index in [2.05, 4.69) is 5.32 Å². The molecule has 0 fully saturated rings. The van der Waals surface area contributed by atoms with E-state index in [0.29, 0.717) is 30.0 Å². The molecule has 0 aliphatic carbocycles. The minimum absolute atomic E-state index is 0.101. The van der Waals surface area contributed by atoms with E-state index in [4.69, 9.17) is 19.3 Å². The van der Waals surface area contributed by atoms with Gasteiger partial charge in [0.05, 0.1) is 0 Å². The first kappa shape index (κ1) is 21.0. The Hall–Kier alpha value is -3.68. The topological polar surface area (TPSA) is 114 Å². The Morgan fingerprint density at radius 1 is 1.17 bits per heavy atom. The van der Waals surface area contributed by atoms with Gasteiger partial charge in [0, 0.05) is 17.8 Å². The van der Waals surface area contributed by atoms with Crippen LogP contribution >= 0.6 is 0 Å². The molecule has 0 bridgehead atoms. The van der Waals surface area contributed by atoms with E-state index in [1.165, 1.54) is 12.1 Å². The largest absolute Gasteiger partial charge is 0.508 e. The van der Waals surface area contributed by atoms with Gasteiger partial charge in [-0.25, -0.2) is 9.59 Å². The normalized spacial score (nSPS) is 14.3. The Bertz CT molecular complexity index is 924. The van der Waals surface area contributed by atoms with Gasteiger partial charge in [-0.3, -0.25) is 5.32 Å². The fraction of sp³-hybridized carbons (Fsp3) is 0.273. The minimum Gasteiger partial charge on any atom is -0.508 e. The fourth-order valence-electron chi connectivity index (χ4n) is 3.11. The minimum atomic E-state index is -1.00. The smallest absolute Gasteiger partial charge is 0.412 e. The van der Waals surface area contributed by atoms with Crippen molar-refractivity contribution in [1.82, 2.24) is 0 Å². The maximum absolute atomic E-state index is 12.5. The van der Waals surface area contributed by atoms with Crippen LogP contribution < -0.4 is 14.8 Å². The molecule has 8 heteroatoms. The van der Waals surface area contributed by atoms with Gasteiger partial charge < -0.3 is 24.4 Å². The molecule has 3 rings (SSSR count). The number of hydrogen-bond donors (Lipinski definition) is 3. The van der Waals surface area contributed by atoms with Crippen LogP contribution in [0, 0.1) is 5.92 Å². The van der Waals surface area contributed by atoms with E-state index in [-0.39, 0.29) is 18.5 Å². The summed E-state index contributed by atoms with van der Waals surface area (Å²) in [5.41, 5.74) is 1.23. The molecule has 8 nitrogen and oxygen atoms in total. The van der Waals surface area contributed by atoms with Gasteiger partial charge in [0.15, 0.2) is 11.5 Å². The quantitative estimate of drug-likeness (QED) is 0.547. The lowest BCUT2D eigenvalue weighted by molar-refractivity contribution is -0.131. The number of phenols is 1. The molecule has 0 saturated carbocycles. The molecule has 0 saturated heterocycles. The van der Waals surface area contributed by atoms with Gasteiger partial charge in [-0.15, -0.1) is 0 Å². The second-order valence-electron chi connectivity index (χ2n) is 6.91. The summed E-state index contributed by atoms with van der Waals surface area (Å²) in [5, 5.41) is 20.9. The number of phenolic OH excluding ortho intramolecular Hbond substituents is 1. The molecular weight excluding hydrogens is 390 g/mol. The maximum Gasteiger partial charge on any atom is 0.412 e. The monoisotopic (exact) mass is 413 g/mol. The zero-order valence-electron chi connectivity index (χ0n) is 16.4. The summed E-state index contributed by atoms with van der Waals surface area (Å²) < 4.78 is 16.3. The Balaban J connectivity index is 1.68. The first-order valence-corrected chi connectivity index (χ1v) is 9.48. The highest BCUT2D eigenvalue weighted by molar-refractivity contribution is 5.85. The van der Waals surface area contributed by atoms with Crippen LogP contribution in [0.25, 0.3) is 0 Å². The van der Waals surface area contributed by atoms with E-state index >= 15 is 0 Å². The average molecular weight is 413 g/mol. The molecule has 1 aliphatic heterocycles. The number of carboxylic acids is 1. The first-order chi connectivity index (χ1) is 14.4. The van der Waals surface area contributed by atoms with Gasteiger partial charge in [0.25, 0.3) is 0 Å². The van der Waals surface area contributed by atoms with Crippen LogP contribution in [0.1, 0.15) is 31.4 Å². The summed E-state index contributed by atoms with van der Waals surface area (Å²) in [7, 11) is 0. The third-order valence-electron chi connectivity index (χ3n) is 4.64. The third-order valence-corrected chi connectivity index (χ3v) is 4.64. The lowest BCUT2D eigenvalue weighted by atomic mass is 9.93. The molecule has 1 heterocycles. The zero-order chi connectivity index (χ0) is 21.5. The lowest BCUT2D eigenvalue weighted by Crippen LogP contribution is -2.22. The van der Waals surface area contributed by atoms with Crippen LogP contribution in [0.15, 0.2) is 54.6 Å². The van der Waals surface area contributed by atoms with Crippen molar-refractivity contribution in [2.75, 3.05) is 12.1 Å². The number of carboxylic acid groups (broad SMARTS) is 1. The van der Waals surface area contributed by atoms with Crippen molar-refractivity contribution >= 4 is 17.7 Å². The van der Waals surface area contributed by atoms with E-state index in [0.717, 1.165) is 11.6 Å². The molecule has 2 atom stereocenters. The SMILES string of the molecule is C[C@@H](CC/C=C/C(=O)O)[C@@H](OC(=O)Nc1ccc2c(c1)OCO2)c1ccc(O)cc1. The predicted octanol–water partition coefficient (Wildman–Crippen LogP) is 4.47. The molecule has 158 valence electrons. The number of carbonyl (C=O) groups is 2. The van der Waals surface area contributed by atoms with Crippen LogP contribution in [0.2, 0.25) is 0 Å². The van der Waals surface area contributed by atoms with Crippen molar-refractivity contribution in [2.24, 2.45) is 5.92 Å². The Kier molecular flexibility index (Phi) is 6.79. The van der Waals surface area contributed by atoms with E-state index in [9.17, 15) is 14.7 Å². The molecule has 0 spiro atoms. The van der Waals surface area contributed by atoms with Crippen LogP contribution in [-0.4, -0.2) is 29.1 Å². The van der Waals surface area contributed by atoms with Crippen molar-refractivity contribution in [3.63, 3.8) is 0 Å². The molecule has 30 heavy (non-hydrogen) atoms. The van der Waals surface area contributed by atoms with E-state index in [1.807, 2.05) is 6.92 Å². The lowest BCUT2D eigenvalue weighted by Gasteiger charge is -2.24. The molecule has 2 aromatic rings. The number of carbonyl (C=O) groups excluding carboxylic acids is 1. The fourth-order valence-corrected chi connectivity index (χ4v) is 3.11. The van der Waals surface area contributed by atoms with Gasteiger partial charge in [0.1, 0.15) is 11.9 Å². The molecule has 0 radical (unpaired) electrons. The Morgan fingerprint density at radius 2 is 1.90 bits per heavy atom. The second kappa shape index (κ2) is 9.69. The number of ether oxygens (including phenoxy) is 3.